The fourth-order valence-electron chi connectivity index (χ4n) is 2.21. The van der Waals surface area contributed by atoms with Gasteiger partial charge in [0.15, 0.2) is 0 Å². The highest BCUT2D eigenvalue weighted by atomic mass is 16.3. The molecule has 1 aromatic heterocycles. The molecule has 1 fully saturated rings. The number of rotatable bonds is 4. The lowest BCUT2D eigenvalue weighted by Crippen LogP contribution is -2.37. The zero-order valence-electron chi connectivity index (χ0n) is 9.24. The maximum Gasteiger partial charge on any atom is 0.0771 e. The van der Waals surface area contributed by atoms with E-state index in [9.17, 15) is 5.11 Å². The average Bonchev–Trinajstić information content (AvgIpc) is 2.76. The third kappa shape index (κ3) is 2.79. The molecule has 84 valence electrons. The lowest BCUT2D eigenvalue weighted by Gasteiger charge is -2.22. The molecule has 0 atom stereocenters. The first kappa shape index (κ1) is 10.6. The second-order valence-electron chi connectivity index (χ2n) is 4.56. The molecule has 1 saturated carbocycles. The Hall–Kier alpha value is -0.870. The van der Waals surface area contributed by atoms with Crippen molar-refractivity contribution in [2.24, 2.45) is 7.05 Å². The van der Waals surface area contributed by atoms with E-state index in [-0.39, 0.29) is 0 Å². The van der Waals surface area contributed by atoms with Gasteiger partial charge in [0.1, 0.15) is 0 Å². The van der Waals surface area contributed by atoms with Crippen LogP contribution in [0.2, 0.25) is 0 Å². The zero-order valence-corrected chi connectivity index (χ0v) is 9.24. The molecule has 0 amide bonds. The lowest BCUT2D eigenvalue weighted by molar-refractivity contribution is 0.0475. The minimum absolute atomic E-state index is 0.456. The Morgan fingerprint density at radius 1 is 1.53 bits per heavy atom. The third-order valence-corrected chi connectivity index (χ3v) is 3.08. The molecule has 0 saturated heterocycles. The van der Waals surface area contributed by atoms with Gasteiger partial charge in [-0.1, -0.05) is 12.8 Å². The molecule has 0 spiro atoms. The Morgan fingerprint density at radius 3 is 2.87 bits per heavy atom. The van der Waals surface area contributed by atoms with Crippen LogP contribution in [0.4, 0.5) is 0 Å². The van der Waals surface area contributed by atoms with E-state index in [4.69, 9.17) is 0 Å². The van der Waals surface area contributed by atoms with E-state index in [1.165, 1.54) is 5.56 Å². The molecule has 1 aromatic rings. The molecule has 1 aliphatic carbocycles. The van der Waals surface area contributed by atoms with Crippen LogP contribution < -0.4 is 5.32 Å². The summed E-state index contributed by atoms with van der Waals surface area (Å²) in [7, 11) is 1.91. The van der Waals surface area contributed by atoms with Crippen LogP contribution in [0.3, 0.4) is 0 Å². The van der Waals surface area contributed by atoms with E-state index in [1.807, 2.05) is 19.4 Å². The number of aliphatic hydroxyl groups is 1. The van der Waals surface area contributed by atoms with Gasteiger partial charge in [-0.15, -0.1) is 0 Å². The zero-order chi connectivity index (χ0) is 10.7. The van der Waals surface area contributed by atoms with Gasteiger partial charge in [0.05, 0.1) is 11.8 Å². The van der Waals surface area contributed by atoms with Crippen LogP contribution in [0, 0.1) is 0 Å². The predicted molar refractivity (Wildman–Crippen MR) is 58.3 cm³/mol. The minimum Gasteiger partial charge on any atom is -0.389 e. The molecule has 15 heavy (non-hydrogen) atoms. The largest absolute Gasteiger partial charge is 0.389 e. The van der Waals surface area contributed by atoms with Crippen molar-refractivity contribution in [3.8, 4) is 0 Å². The molecule has 4 nitrogen and oxygen atoms in total. The summed E-state index contributed by atoms with van der Waals surface area (Å²) in [4.78, 5) is 0. The minimum atomic E-state index is -0.456. The fourth-order valence-corrected chi connectivity index (χ4v) is 2.21. The first-order valence-corrected chi connectivity index (χ1v) is 5.59. The summed E-state index contributed by atoms with van der Waals surface area (Å²) in [6, 6.07) is 0. The molecule has 0 radical (unpaired) electrons. The Labute approximate surface area is 90.3 Å². The third-order valence-electron chi connectivity index (χ3n) is 3.08. The Balaban J connectivity index is 1.75. The maximum absolute atomic E-state index is 10.1. The maximum atomic E-state index is 10.1. The van der Waals surface area contributed by atoms with Crippen LogP contribution in [-0.4, -0.2) is 27.0 Å². The van der Waals surface area contributed by atoms with Crippen LogP contribution in [0.5, 0.6) is 0 Å². The van der Waals surface area contributed by atoms with E-state index < -0.39 is 5.60 Å². The van der Waals surface area contributed by atoms with E-state index in [1.54, 1.807) is 4.68 Å². The normalized spacial score (nSPS) is 19.6. The monoisotopic (exact) mass is 209 g/mol. The second-order valence-corrected chi connectivity index (χ2v) is 4.56. The first-order valence-electron chi connectivity index (χ1n) is 5.59. The summed E-state index contributed by atoms with van der Waals surface area (Å²) in [6.07, 6.45) is 8.04. The van der Waals surface area contributed by atoms with Crippen molar-refractivity contribution < 1.29 is 5.11 Å². The highest BCUT2D eigenvalue weighted by Gasteiger charge is 2.30. The van der Waals surface area contributed by atoms with Crippen LogP contribution in [0.25, 0.3) is 0 Å². The number of hydrogen-bond donors (Lipinski definition) is 2. The van der Waals surface area contributed by atoms with Gasteiger partial charge in [0, 0.05) is 31.9 Å². The molecule has 0 aliphatic heterocycles. The van der Waals surface area contributed by atoms with E-state index >= 15 is 0 Å². The van der Waals surface area contributed by atoms with Crippen LogP contribution in [-0.2, 0) is 13.6 Å². The van der Waals surface area contributed by atoms with Crippen LogP contribution in [0.15, 0.2) is 12.4 Å². The lowest BCUT2D eigenvalue weighted by atomic mass is 10.0. The highest BCUT2D eigenvalue weighted by molar-refractivity contribution is 5.03. The molecule has 2 rings (SSSR count). The molecule has 0 aromatic carbocycles. The van der Waals surface area contributed by atoms with Crippen molar-refractivity contribution in [2.75, 3.05) is 6.54 Å². The van der Waals surface area contributed by atoms with E-state index in [0.29, 0.717) is 6.54 Å². The predicted octanol–water partition coefficient (Wildman–Crippen LogP) is 0.815. The summed E-state index contributed by atoms with van der Waals surface area (Å²) in [5.41, 5.74) is 0.710. The molecule has 0 bridgehead atoms. The Kier molecular flexibility index (Phi) is 3.07. The van der Waals surface area contributed by atoms with Gasteiger partial charge in [0.2, 0.25) is 0 Å². The summed E-state index contributed by atoms with van der Waals surface area (Å²) in [5, 5.41) is 17.5. The average molecular weight is 209 g/mol. The number of hydrogen-bond acceptors (Lipinski definition) is 3. The fraction of sp³-hybridized carbons (Fsp3) is 0.727. The number of aryl methyl sites for hydroxylation is 1. The van der Waals surface area contributed by atoms with Gasteiger partial charge in [-0.3, -0.25) is 4.68 Å². The highest BCUT2D eigenvalue weighted by Crippen LogP contribution is 2.28. The van der Waals surface area contributed by atoms with Crippen molar-refractivity contribution in [2.45, 2.75) is 37.8 Å². The number of nitrogens with one attached hydrogen (secondary N) is 1. The van der Waals surface area contributed by atoms with Gasteiger partial charge in [-0.25, -0.2) is 0 Å². The summed E-state index contributed by atoms with van der Waals surface area (Å²) in [6.45, 7) is 1.48. The SMILES string of the molecule is Cn1cc(CNCC2(O)CCCC2)cn1. The van der Waals surface area contributed by atoms with E-state index in [2.05, 4.69) is 10.4 Å². The van der Waals surface area contributed by atoms with Gasteiger partial charge >= 0.3 is 0 Å². The van der Waals surface area contributed by atoms with Gasteiger partial charge in [-0.2, -0.15) is 5.10 Å². The van der Waals surface area contributed by atoms with Crippen LogP contribution >= 0.6 is 0 Å². The van der Waals surface area contributed by atoms with Crippen molar-refractivity contribution >= 4 is 0 Å². The molecule has 0 unspecified atom stereocenters. The van der Waals surface area contributed by atoms with Gasteiger partial charge < -0.3 is 10.4 Å². The van der Waals surface area contributed by atoms with Crippen molar-refractivity contribution in [1.82, 2.24) is 15.1 Å². The van der Waals surface area contributed by atoms with E-state index in [0.717, 1.165) is 32.2 Å². The van der Waals surface area contributed by atoms with Crippen molar-refractivity contribution in [3.05, 3.63) is 18.0 Å². The van der Waals surface area contributed by atoms with Crippen LogP contribution in [0.1, 0.15) is 31.2 Å². The number of nitrogens with zero attached hydrogens (tertiary/aromatic N) is 2. The van der Waals surface area contributed by atoms with Crippen molar-refractivity contribution in [3.63, 3.8) is 0 Å². The second kappa shape index (κ2) is 4.33. The Bertz CT molecular complexity index is 315. The topological polar surface area (TPSA) is 50.1 Å². The molecule has 2 N–H and O–H groups in total. The molecular formula is C11H19N3O. The molecule has 4 heteroatoms. The van der Waals surface area contributed by atoms with Gasteiger partial charge in [0.25, 0.3) is 0 Å². The summed E-state index contributed by atoms with van der Waals surface area (Å²) in [5.74, 6) is 0. The first-order chi connectivity index (χ1) is 7.18. The van der Waals surface area contributed by atoms with Gasteiger partial charge in [-0.05, 0) is 12.8 Å². The standard InChI is InChI=1S/C11H19N3O/c1-14-8-10(7-13-14)6-12-9-11(15)4-2-3-5-11/h7-8,12,15H,2-6,9H2,1H3. The molecule has 1 aliphatic rings. The smallest absolute Gasteiger partial charge is 0.0771 e. The number of aromatic nitrogens is 2. The quantitative estimate of drug-likeness (QED) is 0.771. The van der Waals surface area contributed by atoms with Crippen molar-refractivity contribution in [1.29, 1.82) is 0 Å². The Morgan fingerprint density at radius 2 is 2.27 bits per heavy atom. The summed E-state index contributed by atoms with van der Waals surface area (Å²) < 4.78 is 1.79. The summed E-state index contributed by atoms with van der Waals surface area (Å²) >= 11 is 0. The molecule has 1 heterocycles. The molecular weight excluding hydrogens is 190 g/mol.